The average molecular weight is 390 g/mol. The molecule has 1 N–H and O–H groups in total. The van der Waals surface area contributed by atoms with E-state index in [-0.39, 0.29) is 10.8 Å². The van der Waals surface area contributed by atoms with E-state index < -0.39 is 16.0 Å². The van der Waals surface area contributed by atoms with Crippen LogP contribution in [-0.2, 0) is 14.8 Å². The third-order valence-corrected chi connectivity index (χ3v) is 6.09. The first kappa shape index (κ1) is 20.6. The van der Waals surface area contributed by atoms with Crippen LogP contribution in [0.5, 0.6) is 0 Å². The molecule has 0 fully saturated rings. The van der Waals surface area contributed by atoms with Crippen LogP contribution in [0.3, 0.4) is 0 Å². The monoisotopic (exact) mass is 390 g/mol. The van der Waals surface area contributed by atoms with Crippen LogP contribution in [0.2, 0.25) is 0 Å². The zero-order chi connectivity index (χ0) is 20.0. The lowest BCUT2D eigenvalue weighted by atomic mass is 10.1. The summed E-state index contributed by atoms with van der Waals surface area (Å²) in [5.41, 5.74) is 1.18. The number of anilines is 1. The van der Waals surface area contributed by atoms with Gasteiger partial charge in [-0.1, -0.05) is 13.8 Å². The first-order valence-electron chi connectivity index (χ1n) is 8.43. The molecule has 2 aromatic rings. The number of amides is 1. The summed E-state index contributed by atoms with van der Waals surface area (Å²) in [4.78, 5) is 23.9. The number of hydrogen-bond donors (Lipinski definition) is 1. The molecule has 27 heavy (non-hydrogen) atoms. The summed E-state index contributed by atoms with van der Waals surface area (Å²) in [6.07, 6.45) is 0. The van der Waals surface area contributed by atoms with Gasteiger partial charge in [0.2, 0.25) is 10.0 Å². The lowest BCUT2D eigenvalue weighted by Gasteiger charge is -2.18. The van der Waals surface area contributed by atoms with Gasteiger partial charge in [0.05, 0.1) is 17.6 Å². The van der Waals surface area contributed by atoms with Crippen molar-refractivity contribution >= 4 is 27.6 Å². The van der Waals surface area contributed by atoms with Crippen molar-refractivity contribution in [3.63, 3.8) is 0 Å². The molecule has 0 saturated carbocycles. The third kappa shape index (κ3) is 4.72. The summed E-state index contributed by atoms with van der Waals surface area (Å²) in [5.74, 6) is -0.849. The van der Waals surface area contributed by atoms with Gasteiger partial charge in [0, 0.05) is 24.3 Å². The molecule has 0 aliphatic rings. The van der Waals surface area contributed by atoms with Crippen LogP contribution in [0, 0.1) is 0 Å². The molecular formula is C19H22N2O5S. The van der Waals surface area contributed by atoms with E-state index in [0.29, 0.717) is 29.9 Å². The van der Waals surface area contributed by atoms with Gasteiger partial charge in [-0.2, -0.15) is 4.31 Å². The number of nitrogens with one attached hydrogen (secondary N) is 1. The highest BCUT2D eigenvalue weighted by atomic mass is 32.2. The second kappa shape index (κ2) is 8.79. The van der Waals surface area contributed by atoms with Crippen molar-refractivity contribution in [2.75, 3.05) is 25.5 Å². The zero-order valence-corrected chi connectivity index (χ0v) is 16.2. The van der Waals surface area contributed by atoms with Crippen LogP contribution >= 0.6 is 0 Å². The van der Waals surface area contributed by atoms with Crippen molar-refractivity contribution in [2.24, 2.45) is 0 Å². The minimum atomic E-state index is -3.54. The van der Waals surface area contributed by atoms with E-state index in [0.717, 1.165) is 0 Å². The Hall–Kier alpha value is -2.71. The molecule has 0 unspecified atom stereocenters. The standard InChI is InChI=1S/C19H22N2O5S/c1-4-21(5-2)27(24,25)17-12-10-16(11-13-17)20-18(22)14-6-8-15(9-7-14)19(23)26-3/h6-13H,4-5H2,1-3H3,(H,20,22). The highest BCUT2D eigenvalue weighted by molar-refractivity contribution is 7.89. The second-order valence-electron chi connectivity index (χ2n) is 5.64. The lowest BCUT2D eigenvalue weighted by molar-refractivity contribution is 0.0600. The summed E-state index contributed by atoms with van der Waals surface area (Å²) in [5, 5.41) is 2.69. The average Bonchev–Trinajstić information content (AvgIpc) is 2.68. The van der Waals surface area contributed by atoms with Crippen molar-refractivity contribution in [1.29, 1.82) is 0 Å². The van der Waals surface area contributed by atoms with Gasteiger partial charge in [0.1, 0.15) is 0 Å². The highest BCUT2D eigenvalue weighted by Crippen LogP contribution is 2.19. The van der Waals surface area contributed by atoms with E-state index in [1.807, 2.05) is 0 Å². The molecule has 0 spiro atoms. The van der Waals surface area contributed by atoms with Gasteiger partial charge in [-0.05, 0) is 48.5 Å². The molecule has 0 heterocycles. The molecule has 7 nitrogen and oxygen atoms in total. The molecule has 0 radical (unpaired) electrons. The first-order chi connectivity index (χ1) is 12.8. The number of hydrogen-bond acceptors (Lipinski definition) is 5. The molecule has 0 aromatic heterocycles. The predicted molar refractivity (Wildman–Crippen MR) is 102 cm³/mol. The van der Waals surface area contributed by atoms with Crippen LogP contribution in [0.1, 0.15) is 34.6 Å². The van der Waals surface area contributed by atoms with E-state index >= 15 is 0 Å². The predicted octanol–water partition coefficient (Wildman–Crippen LogP) is 2.76. The lowest BCUT2D eigenvalue weighted by Crippen LogP contribution is -2.30. The Kier molecular flexibility index (Phi) is 6.70. The number of carbonyl (C=O) groups excluding carboxylic acids is 2. The summed E-state index contributed by atoms with van der Waals surface area (Å²) in [6.45, 7) is 4.33. The number of ether oxygens (including phenoxy) is 1. The minimum Gasteiger partial charge on any atom is -0.465 e. The quantitative estimate of drug-likeness (QED) is 0.734. The fourth-order valence-electron chi connectivity index (χ4n) is 2.50. The Balaban J connectivity index is 2.12. The topological polar surface area (TPSA) is 92.8 Å². The second-order valence-corrected chi connectivity index (χ2v) is 7.57. The summed E-state index contributed by atoms with van der Waals surface area (Å²) < 4.78 is 30.9. The number of sulfonamides is 1. The summed E-state index contributed by atoms with van der Waals surface area (Å²) >= 11 is 0. The molecule has 2 rings (SSSR count). The number of carbonyl (C=O) groups is 2. The van der Waals surface area contributed by atoms with Crippen LogP contribution in [0.4, 0.5) is 5.69 Å². The Labute approximate surface area is 159 Å². The maximum atomic E-state index is 12.5. The number of nitrogens with zero attached hydrogens (tertiary/aromatic N) is 1. The van der Waals surface area contributed by atoms with Gasteiger partial charge >= 0.3 is 5.97 Å². The van der Waals surface area contributed by atoms with Crippen LogP contribution in [0.15, 0.2) is 53.4 Å². The summed E-state index contributed by atoms with van der Waals surface area (Å²) in [6, 6.07) is 12.0. The zero-order valence-electron chi connectivity index (χ0n) is 15.4. The van der Waals surface area contributed by atoms with E-state index in [1.54, 1.807) is 13.8 Å². The fourth-order valence-corrected chi connectivity index (χ4v) is 3.96. The van der Waals surface area contributed by atoms with Gasteiger partial charge in [-0.3, -0.25) is 4.79 Å². The van der Waals surface area contributed by atoms with E-state index in [2.05, 4.69) is 10.1 Å². The van der Waals surface area contributed by atoms with Crippen LogP contribution < -0.4 is 5.32 Å². The molecule has 8 heteroatoms. The molecule has 0 saturated heterocycles. The SMILES string of the molecule is CCN(CC)S(=O)(=O)c1ccc(NC(=O)c2ccc(C(=O)OC)cc2)cc1. The maximum Gasteiger partial charge on any atom is 0.337 e. The maximum absolute atomic E-state index is 12.5. The fraction of sp³-hybridized carbons (Fsp3) is 0.263. The number of benzene rings is 2. The van der Waals surface area contributed by atoms with Crippen LogP contribution in [0.25, 0.3) is 0 Å². The Bertz CT molecular complexity index is 902. The molecule has 1 amide bonds. The van der Waals surface area contributed by atoms with E-state index in [1.165, 1.54) is 59.9 Å². The Morgan fingerprint density at radius 3 is 1.93 bits per heavy atom. The Morgan fingerprint density at radius 1 is 0.926 bits per heavy atom. The largest absolute Gasteiger partial charge is 0.465 e. The van der Waals surface area contributed by atoms with Crippen molar-refractivity contribution in [1.82, 2.24) is 4.31 Å². The van der Waals surface area contributed by atoms with Gasteiger partial charge in [-0.15, -0.1) is 0 Å². The first-order valence-corrected chi connectivity index (χ1v) is 9.87. The van der Waals surface area contributed by atoms with E-state index in [9.17, 15) is 18.0 Å². The molecule has 0 aliphatic heterocycles. The highest BCUT2D eigenvalue weighted by Gasteiger charge is 2.21. The van der Waals surface area contributed by atoms with Crippen LogP contribution in [-0.4, -0.2) is 44.8 Å². The third-order valence-electron chi connectivity index (χ3n) is 4.02. The van der Waals surface area contributed by atoms with Crippen molar-refractivity contribution in [3.8, 4) is 0 Å². The van der Waals surface area contributed by atoms with Crippen molar-refractivity contribution < 1.29 is 22.7 Å². The minimum absolute atomic E-state index is 0.173. The smallest absolute Gasteiger partial charge is 0.337 e. The molecule has 144 valence electrons. The molecule has 0 aliphatic carbocycles. The van der Waals surface area contributed by atoms with Gasteiger partial charge in [-0.25, -0.2) is 13.2 Å². The molecular weight excluding hydrogens is 368 g/mol. The normalized spacial score (nSPS) is 11.3. The van der Waals surface area contributed by atoms with Crippen molar-refractivity contribution in [3.05, 3.63) is 59.7 Å². The van der Waals surface area contributed by atoms with Gasteiger partial charge in [0.25, 0.3) is 5.91 Å². The molecule has 0 bridgehead atoms. The van der Waals surface area contributed by atoms with Gasteiger partial charge < -0.3 is 10.1 Å². The Morgan fingerprint density at radius 2 is 1.44 bits per heavy atom. The van der Waals surface area contributed by atoms with Gasteiger partial charge in [0.15, 0.2) is 0 Å². The molecule has 2 aromatic carbocycles. The number of esters is 1. The number of methoxy groups -OCH3 is 1. The summed E-state index contributed by atoms with van der Waals surface area (Å²) in [7, 11) is -2.25. The number of rotatable bonds is 7. The van der Waals surface area contributed by atoms with E-state index in [4.69, 9.17) is 0 Å². The van der Waals surface area contributed by atoms with Crippen molar-refractivity contribution in [2.45, 2.75) is 18.7 Å². The molecule has 0 atom stereocenters.